The van der Waals surface area contributed by atoms with Gasteiger partial charge >= 0.3 is 0 Å². The maximum atomic E-state index is 4.35. The lowest BCUT2D eigenvalue weighted by molar-refractivity contribution is 0.732. The van der Waals surface area contributed by atoms with Gasteiger partial charge in [-0.3, -0.25) is 5.10 Å². The van der Waals surface area contributed by atoms with Gasteiger partial charge in [0.2, 0.25) is 0 Å². The minimum Gasteiger partial charge on any atom is -0.356 e. The molecule has 3 rings (SSSR count). The van der Waals surface area contributed by atoms with Crippen molar-refractivity contribution in [3.63, 3.8) is 0 Å². The average molecular weight is 243 g/mol. The third kappa shape index (κ3) is 1.96. The zero-order valence-corrected chi connectivity index (χ0v) is 10.7. The van der Waals surface area contributed by atoms with Crippen LogP contribution in [0.1, 0.15) is 29.3 Å². The van der Waals surface area contributed by atoms with Gasteiger partial charge in [0.25, 0.3) is 0 Å². The van der Waals surface area contributed by atoms with Crippen molar-refractivity contribution in [2.24, 2.45) is 0 Å². The third-order valence-corrected chi connectivity index (χ3v) is 3.58. The molecule has 1 aliphatic rings. The second-order valence-corrected chi connectivity index (χ2v) is 4.92. The molecule has 1 saturated heterocycles. The summed E-state index contributed by atoms with van der Waals surface area (Å²) < 4.78 is 0. The number of hydrogen-bond acceptors (Lipinski definition) is 4. The Kier molecular flexibility index (Phi) is 2.74. The highest BCUT2D eigenvalue weighted by Crippen LogP contribution is 2.30. The number of hydrogen-bond donors (Lipinski definition) is 1. The van der Waals surface area contributed by atoms with E-state index in [1.165, 1.54) is 11.3 Å². The first kappa shape index (κ1) is 11.2. The van der Waals surface area contributed by atoms with Gasteiger partial charge in [-0.2, -0.15) is 5.10 Å². The molecule has 94 valence electrons. The Labute approximate surface area is 106 Å². The molecule has 1 N–H and O–H groups in total. The normalized spacial score (nSPS) is 19.4. The molecule has 2 aromatic heterocycles. The zero-order chi connectivity index (χ0) is 12.5. The van der Waals surface area contributed by atoms with Crippen LogP contribution in [0.2, 0.25) is 0 Å². The van der Waals surface area contributed by atoms with Crippen molar-refractivity contribution in [1.29, 1.82) is 0 Å². The molecule has 1 atom stereocenters. The molecule has 0 spiro atoms. The fourth-order valence-electron chi connectivity index (χ4n) is 2.59. The predicted octanol–water partition coefficient (Wildman–Crippen LogP) is 1.81. The first-order valence-corrected chi connectivity index (χ1v) is 6.27. The van der Waals surface area contributed by atoms with Crippen molar-refractivity contribution in [1.82, 2.24) is 20.2 Å². The van der Waals surface area contributed by atoms with E-state index in [0.29, 0.717) is 5.92 Å². The Morgan fingerprint density at radius 3 is 2.94 bits per heavy atom. The van der Waals surface area contributed by atoms with Crippen LogP contribution in [0, 0.1) is 13.8 Å². The molecule has 5 nitrogen and oxygen atoms in total. The molecule has 1 aliphatic heterocycles. The quantitative estimate of drug-likeness (QED) is 0.874. The van der Waals surface area contributed by atoms with Gasteiger partial charge in [-0.05, 0) is 25.8 Å². The predicted molar refractivity (Wildman–Crippen MR) is 69.7 cm³/mol. The molecule has 5 heteroatoms. The Balaban J connectivity index is 1.78. The maximum absolute atomic E-state index is 4.35. The molecule has 2 aromatic rings. The van der Waals surface area contributed by atoms with Crippen LogP contribution < -0.4 is 4.90 Å². The van der Waals surface area contributed by atoms with E-state index in [0.717, 1.165) is 31.0 Å². The van der Waals surface area contributed by atoms with E-state index in [4.69, 9.17) is 0 Å². The highest BCUT2D eigenvalue weighted by Gasteiger charge is 2.26. The van der Waals surface area contributed by atoms with Crippen LogP contribution in [-0.4, -0.2) is 33.3 Å². The molecule has 0 aromatic carbocycles. The van der Waals surface area contributed by atoms with Crippen molar-refractivity contribution in [3.8, 4) is 0 Å². The van der Waals surface area contributed by atoms with Crippen molar-refractivity contribution in [2.45, 2.75) is 26.2 Å². The number of anilines is 1. The molecule has 0 amide bonds. The summed E-state index contributed by atoms with van der Waals surface area (Å²) in [7, 11) is 0. The van der Waals surface area contributed by atoms with E-state index in [9.17, 15) is 0 Å². The average Bonchev–Trinajstić information content (AvgIpc) is 2.97. The van der Waals surface area contributed by atoms with E-state index in [2.05, 4.69) is 32.0 Å². The lowest BCUT2D eigenvalue weighted by Gasteiger charge is -2.17. The van der Waals surface area contributed by atoms with E-state index in [1.54, 1.807) is 6.33 Å². The van der Waals surface area contributed by atoms with Crippen LogP contribution in [0.15, 0.2) is 18.6 Å². The molecule has 3 heterocycles. The number of aromatic nitrogens is 4. The summed E-state index contributed by atoms with van der Waals surface area (Å²) in [5.41, 5.74) is 3.53. The first-order chi connectivity index (χ1) is 8.74. The van der Waals surface area contributed by atoms with E-state index >= 15 is 0 Å². The van der Waals surface area contributed by atoms with Gasteiger partial charge < -0.3 is 4.90 Å². The monoisotopic (exact) mass is 243 g/mol. The number of aryl methyl sites for hydroxylation is 2. The van der Waals surface area contributed by atoms with E-state index in [-0.39, 0.29) is 0 Å². The summed E-state index contributed by atoms with van der Waals surface area (Å²) in [4.78, 5) is 10.8. The largest absolute Gasteiger partial charge is 0.356 e. The van der Waals surface area contributed by atoms with Gasteiger partial charge in [0.15, 0.2) is 0 Å². The topological polar surface area (TPSA) is 57.7 Å². The van der Waals surface area contributed by atoms with Gasteiger partial charge in [-0.25, -0.2) is 9.97 Å². The lowest BCUT2D eigenvalue weighted by atomic mass is 10.0. The minimum absolute atomic E-state index is 0.530. The van der Waals surface area contributed by atoms with Gasteiger partial charge in [0.05, 0.1) is 6.20 Å². The maximum Gasteiger partial charge on any atom is 0.132 e. The van der Waals surface area contributed by atoms with Crippen molar-refractivity contribution < 1.29 is 0 Å². The van der Waals surface area contributed by atoms with Crippen LogP contribution in [-0.2, 0) is 0 Å². The summed E-state index contributed by atoms with van der Waals surface area (Å²) in [6, 6.07) is 2.04. The summed E-state index contributed by atoms with van der Waals surface area (Å²) in [6.45, 7) is 6.15. The van der Waals surface area contributed by atoms with Crippen LogP contribution >= 0.6 is 0 Å². The highest BCUT2D eigenvalue weighted by molar-refractivity contribution is 5.41. The Morgan fingerprint density at radius 2 is 2.22 bits per heavy atom. The van der Waals surface area contributed by atoms with Crippen LogP contribution in [0.4, 0.5) is 5.82 Å². The number of H-pyrrole nitrogens is 1. The summed E-state index contributed by atoms with van der Waals surface area (Å²) >= 11 is 0. The summed E-state index contributed by atoms with van der Waals surface area (Å²) in [6.07, 6.45) is 4.68. The third-order valence-electron chi connectivity index (χ3n) is 3.58. The fourth-order valence-corrected chi connectivity index (χ4v) is 2.59. The van der Waals surface area contributed by atoms with E-state index in [1.807, 2.05) is 19.2 Å². The Morgan fingerprint density at radius 1 is 1.33 bits per heavy atom. The molecular weight excluding hydrogens is 226 g/mol. The fraction of sp³-hybridized carbons (Fsp3) is 0.462. The molecule has 0 aliphatic carbocycles. The van der Waals surface area contributed by atoms with Crippen LogP contribution in [0.3, 0.4) is 0 Å². The number of nitrogens with one attached hydrogen (secondary N) is 1. The zero-order valence-electron chi connectivity index (χ0n) is 10.7. The summed E-state index contributed by atoms with van der Waals surface area (Å²) in [5, 5.41) is 7.23. The highest BCUT2D eigenvalue weighted by atomic mass is 15.2. The number of rotatable bonds is 2. The second-order valence-electron chi connectivity index (χ2n) is 4.92. The van der Waals surface area contributed by atoms with Crippen molar-refractivity contribution in [3.05, 3.63) is 35.5 Å². The minimum atomic E-state index is 0.530. The lowest BCUT2D eigenvalue weighted by Crippen LogP contribution is -2.20. The van der Waals surface area contributed by atoms with Gasteiger partial charge in [-0.1, -0.05) is 0 Å². The molecule has 0 bridgehead atoms. The SMILES string of the molecule is Cc1cc(N2CCC(c3[nH]ncc3C)C2)ncn1. The number of nitrogens with zero attached hydrogens (tertiary/aromatic N) is 4. The standard InChI is InChI=1S/C13H17N5/c1-9-6-16-17-13(9)11-3-4-18(7-11)12-5-10(2)14-8-15-12/h5-6,8,11H,3-4,7H2,1-2H3,(H,16,17). The van der Waals surface area contributed by atoms with Crippen molar-refractivity contribution in [2.75, 3.05) is 18.0 Å². The summed E-state index contributed by atoms with van der Waals surface area (Å²) in [5.74, 6) is 1.56. The molecule has 18 heavy (non-hydrogen) atoms. The Bertz CT molecular complexity index is 548. The number of aromatic amines is 1. The van der Waals surface area contributed by atoms with Gasteiger partial charge in [0.1, 0.15) is 12.1 Å². The smallest absolute Gasteiger partial charge is 0.132 e. The van der Waals surface area contributed by atoms with Crippen LogP contribution in [0.5, 0.6) is 0 Å². The molecular formula is C13H17N5. The van der Waals surface area contributed by atoms with Gasteiger partial charge in [-0.15, -0.1) is 0 Å². The van der Waals surface area contributed by atoms with Crippen molar-refractivity contribution >= 4 is 5.82 Å². The second kappa shape index (κ2) is 4.40. The molecule has 0 saturated carbocycles. The molecule has 0 radical (unpaired) electrons. The first-order valence-electron chi connectivity index (χ1n) is 6.27. The van der Waals surface area contributed by atoms with Gasteiger partial charge in [0, 0.05) is 36.5 Å². The Hall–Kier alpha value is -1.91. The molecule has 1 unspecified atom stereocenters. The molecule has 1 fully saturated rings. The van der Waals surface area contributed by atoms with Crippen LogP contribution in [0.25, 0.3) is 0 Å². The van der Waals surface area contributed by atoms with E-state index < -0.39 is 0 Å².